The molecule has 0 saturated heterocycles. The van der Waals surface area contributed by atoms with Gasteiger partial charge in [0.1, 0.15) is 5.69 Å². The number of hydrogen-bond acceptors (Lipinski definition) is 6. The molecule has 3 N–H and O–H groups in total. The highest BCUT2D eigenvalue weighted by Crippen LogP contribution is 2.32. The van der Waals surface area contributed by atoms with E-state index in [9.17, 15) is 28.0 Å². The second kappa shape index (κ2) is 8.10. The first-order chi connectivity index (χ1) is 11.8. The molecular weight excluding hydrogens is 343 g/mol. The molecule has 1 saturated carbocycles. The summed E-state index contributed by atoms with van der Waals surface area (Å²) < 4.78 is 37.8. The second-order valence-electron chi connectivity index (χ2n) is 5.83. The Morgan fingerprint density at radius 1 is 1.48 bits per heavy atom. The summed E-state index contributed by atoms with van der Waals surface area (Å²) in [6.07, 6.45) is -0.0888. The van der Waals surface area contributed by atoms with Gasteiger partial charge in [-0.3, -0.25) is 25.6 Å². The SMILES string of the molecule is O=CN(O)CC(CC1CCC1)C(=O)NNc1nccc(C(F)(F)F)n1. The highest BCUT2D eigenvalue weighted by molar-refractivity contribution is 5.80. The molecule has 1 aliphatic carbocycles. The number of carbonyl (C=O) groups excluding carboxylic acids is 2. The van der Waals surface area contributed by atoms with Crippen molar-refractivity contribution in [2.45, 2.75) is 31.9 Å². The maximum absolute atomic E-state index is 12.6. The van der Waals surface area contributed by atoms with E-state index in [1.54, 1.807) is 0 Å². The first kappa shape index (κ1) is 18.9. The molecule has 8 nitrogen and oxygen atoms in total. The van der Waals surface area contributed by atoms with Crippen LogP contribution in [0.25, 0.3) is 0 Å². The van der Waals surface area contributed by atoms with Crippen LogP contribution in [0.3, 0.4) is 0 Å². The van der Waals surface area contributed by atoms with Crippen molar-refractivity contribution in [1.82, 2.24) is 20.5 Å². The zero-order valence-corrected chi connectivity index (χ0v) is 13.2. The molecule has 1 aromatic rings. The van der Waals surface area contributed by atoms with E-state index in [2.05, 4.69) is 20.8 Å². The average Bonchev–Trinajstić information content (AvgIpc) is 2.53. The fourth-order valence-electron chi connectivity index (χ4n) is 2.46. The highest BCUT2D eigenvalue weighted by Gasteiger charge is 2.33. The molecule has 1 atom stereocenters. The van der Waals surface area contributed by atoms with Crippen molar-refractivity contribution < 1.29 is 28.0 Å². The lowest BCUT2D eigenvalue weighted by molar-refractivity contribution is -0.155. The molecule has 25 heavy (non-hydrogen) atoms. The summed E-state index contributed by atoms with van der Waals surface area (Å²) in [6, 6.07) is 0.708. The number of rotatable bonds is 8. The number of aromatic nitrogens is 2. The van der Waals surface area contributed by atoms with Gasteiger partial charge < -0.3 is 0 Å². The van der Waals surface area contributed by atoms with Crippen molar-refractivity contribution in [3.8, 4) is 0 Å². The lowest BCUT2D eigenvalue weighted by Gasteiger charge is -2.29. The van der Waals surface area contributed by atoms with Gasteiger partial charge in [-0.05, 0) is 18.4 Å². The number of alkyl halides is 3. The molecule has 0 bridgehead atoms. The maximum atomic E-state index is 12.6. The van der Waals surface area contributed by atoms with Gasteiger partial charge in [0.05, 0.1) is 12.5 Å². The highest BCUT2D eigenvalue weighted by atomic mass is 19.4. The predicted molar refractivity (Wildman–Crippen MR) is 78.8 cm³/mol. The summed E-state index contributed by atoms with van der Waals surface area (Å²) in [7, 11) is 0. The van der Waals surface area contributed by atoms with Crippen molar-refractivity contribution in [3.05, 3.63) is 18.0 Å². The van der Waals surface area contributed by atoms with Crippen molar-refractivity contribution in [2.75, 3.05) is 12.0 Å². The van der Waals surface area contributed by atoms with E-state index >= 15 is 0 Å². The average molecular weight is 361 g/mol. The van der Waals surface area contributed by atoms with E-state index in [-0.39, 0.29) is 13.0 Å². The molecule has 1 unspecified atom stereocenters. The first-order valence-corrected chi connectivity index (χ1v) is 7.66. The van der Waals surface area contributed by atoms with Crippen molar-refractivity contribution >= 4 is 18.3 Å². The van der Waals surface area contributed by atoms with Crippen LogP contribution in [-0.2, 0) is 15.8 Å². The Morgan fingerprint density at radius 2 is 2.20 bits per heavy atom. The summed E-state index contributed by atoms with van der Waals surface area (Å²) in [5, 5.41) is 9.67. The largest absolute Gasteiger partial charge is 0.433 e. The smallest absolute Gasteiger partial charge is 0.286 e. The number of amides is 2. The lowest BCUT2D eigenvalue weighted by atomic mass is 9.79. The van der Waals surface area contributed by atoms with Crippen LogP contribution in [-0.4, -0.2) is 39.1 Å². The Balaban J connectivity index is 1.96. The van der Waals surface area contributed by atoms with Crippen LogP contribution in [0, 0.1) is 11.8 Å². The summed E-state index contributed by atoms with van der Waals surface area (Å²) in [5.41, 5.74) is 3.31. The minimum atomic E-state index is -4.63. The van der Waals surface area contributed by atoms with E-state index in [4.69, 9.17) is 0 Å². The van der Waals surface area contributed by atoms with Gasteiger partial charge in [-0.1, -0.05) is 19.3 Å². The van der Waals surface area contributed by atoms with Gasteiger partial charge in [0, 0.05) is 6.20 Å². The Kier molecular flexibility index (Phi) is 6.12. The number of hydrazine groups is 1. The van der Waals surface area contributed by atoms with Crippen LogP contribution in [0.2, 0.25) is 0 Å². The number of halogens is 3. The molecule has 1 aromatic heterocycles. The molecule has 2 rings (SSSR count). The van der Waals surface area contributed by atoms with Gasteiger partial charge in [-0.25, -0.2) is 15.0 Å². The Morgan fingerprint density at radius 3 is 2.76 bits per heavy atom. The van der Waals surface area contributed by atoms with E-state index in [1.165, 1.54) is 0 Å². The Labute approximate surface area is 141 Å². The Bertz CT molecular complexity index is 610. The minimum Gasteiger partial charge on any atom is -0.286 e. The second-order valence-corrected chi connectivity index (χ2v) is 5.83. The van der Waals surface area contributed by atoms with Crippen LogP contribution >= 0.6 is 0 Å². The quantitative estimate of drug-likeness (QED) is 0.369. The number of carbonyl (C=O) groups is 2. The number of nitrogens with one attached hydrogen (secondary N) is 2. The third-order valence-corrected chi connectivity index (χ3v) is 3.99. The molecular formula is C14H18F3N5O3. The molecule has 1 fully saturated rings. The normalized spacial score (nSPS) is 15.8. The summed E-state index contributed by atoms with van der Waals surface area (Å²) in [6.45, 7) is -0.211. The zero-order chi connectivity index (χ0) is 18.4. The molecule has 0 radical (unpaired) electrons. The van der Waals surface area contributed by atoms with Gasteiger partial charge >= 0.3 is 6.18 Å². The molecule has 0 aliphatic heterocycles. The molecule has 0 spiro atoms. The standard InChI is InChI=1S/C14H18F3N5O3/c15-14(16,17)11-4-5-18-13(19-11)21-20-12(24)10(7-22(25)8-23)6-9-2-1-3-9/h4-5,8-10,25H,1-3,6-7H2,(H,20,24)(H,18,19,21). The number of hydrogen-bond donors (Lipinski definition) is 3. The first-order valence-electron chi connectivity index (χ1n) is 7.66. The van der Waals surface area contributed by atoms with Crippen molar-refractivity contribution in [2.24, 2.45) is 11.8 Å². The molecule has 1 heterocycles. The summed E-state index contributed by atoms with van der Waals surface area (Å²) >= 11 is 0. The van der Waals surface area contributed by atoms with Crippen LogP contribution < -0.4 is 10.9 Å². The van der Waals surface area contributed by atoms with Crippen LogP contribution in [0.4, 0.5) is 19.1 Å². The fourth-order valence-corrected chi connectivity index (χ4v) is 2.46. The number of hydroxylamine groups is 2. The molecule has 11 heteroatoms. The predicted octanol–water partition coefficient (Wildman–Crippen LogP) is 1.59. The molecule has 138 valence electrons. The maximum Gasteiger partial charge on any atom is 0.433 e. The van der Waals surface area contributed by atoms with Gasteiger partial charge in [0.15, 0.2) is 0 Å². The third kappa shape index (κ3) is 5.55. The number of nitrogens with zero attached hydrogens (tertiary/aromatic N) is 3. The summed E-state index contributed by atoms with van der Waals surface area (Å²) in [4.78, 5) is 29.6. The summed E-state index contributed by atoms with van der Waals surface area (Å²) in [5.74, 6) is -1.38. The third-order valence-electron chi connectivity index (χ3n) is 3.99. The van der Waals surface area contributed by atoms with E-state index in [0.29, 0.717) is 23.5 Å². The van der Waals surface area contributed by atoms with Crippen LogP contribution in [0.5, 0.6) is 0 Å². The molecule has 2 amide bonds. The lowest BCUT2D eigenvalue weighted by Crippen LogP contribution is -2.41. The number of anilines is 1. The van der Waals surface area contributed by atoms with Gasteiger partial charge in [0.2, 0.25) is 18.3 Å². The van der Waals surface area contributed by atoms with Gasteiger partial charge in [-0.15, -0.1) is 0 Å². The van der Waals surface area contributed by atoms with Crippen LogP contribution in [0.15, 0.2) is 12.3 Å². The topological polar surface area (TPSA) is 107 Å². The van der Waals surface area contributed by atoms with E-state index < -0.39 is 29.6 Å². The fraction of sp³-hybridized carbons (Fsp3) is 0.571. The molecule has 0 aromatic carbocycles. The van der Waals surface area contributed by atoms with E-state index in [0.717, 1.165) is 25.5 Å². The molecule has 1 aliphatic rings. The van der Waals surface area contributed by atoms with Crippen molar-refractivity contribution in [3.63, 3.8) is 0 Å². The van der Waals surface area contributed by atoms with E-state index in [1.807, 2.05) is 0 Å². The Hall–Kier alpha value is -2.43. The zero-order valence-electron chi connectivity index (χ0n) is 13.2. The minimum absolute atomic E-state index is 0.185. The van der Waals surface area contributed by atoms with Crippen LogP contribution in [0.1, 0.15) is 31.4 Å². The monoisotopic (exact) mass is 361 g/mol. The van der Waals surface area contributed by atoms with Gasteiger partial charge in [0.25, 0.3) is 0 Å². The van der Waals surface area contributed by atoms with Gasteiger partial charge in [-0.2, -0.15) is 13.2 Å². The van der Waals surface area contributed by atoms with Crippen molar-refractivity contribution in [1.29, 1.82) is 0 Å².